The van der Waals surface area contributed by atoms with Crippen molar-refractivity contribution in [2.75, 3.05) is 49.6 Å². The molecule has 2 aliphatic rings. The second-order valence-corrected chi connectivity index (χ2v) is 10.4. The van der Waals surface area contributed by atoms with Crippen LogP contribution < -0.4 is 20.1 Å². The van der Waals surface area contributed by atoms with Gasteiger partial charge in [-0.3, -0.25) is 23.7 Å². The summed E-state index contributed by atoms with van der Waals surface area (Å²) in [6.45, 7) is 2.67. The van der Waals surface area contributed by atoms with E-state index < -0.39 is 11.9 Å². The summed E-state index contributed by atoms with van der Waals surface area (Å²) >= 11 is 6.38. The molecule has 0 spiro atoms. The molecule has 0 radical (unpaired) electrons. The van der Waals surface area contributed by atoms with E-state index in [9.17, 15) is 14.4 Å². The fourth-order valence-electron chi connectivity index (χ4n) is 4.46. The maximum absolute atomic E-state index is 13.6. The van der Waals surface area contributed by atoms with Gasteiger partial charge in [-0.2, -0.15) is 0 Å². The van der Waals surface area contributed by atoms with Gasteiger partial charge in [-0.05, 0) is 42.5 Å². The van der Waals surface area contributed by atoms with Gasteiger partial charge in [0.05, 0.1) is 24.0 Å². The number of anilines is 2. The third kappa shape index (κ3) is 5.09. The Morgan fingerprint density at radius 3 is 2.50 bits per heavy atom. The smallest absolute Gasteiger partial charge is 0.305 e. The van der Waals surface area contributed by atoms with Crippen LogP contribution in [0.25, 0.3) is 11.7 Å². The SMILES string of the molecule is COc1ccc(N2CCN(c3nc4ccccn4c(=O)c3/C=C3/SC(=S)N(CCC(=O)O)C3=O)CC2)cc1. The third-order valence-electron chi connectivity index (χ3n) is 6.46. The molecule has 0 bridgehead atoms. The first-order valence-corrected chi connectivity index (χ1v) is 13.2. The number of rotatable bonds is 7. The van der Waals surface area contributed by atoms with Gasteiger partial charge in [0, 0.05) is 44.6 Å². The maximum Gasteiger partial charge on any atom is 0.305 e. The van der Waals surface area contributed by atoms with Crippen LogP contribution in [0.5, 0.6) is 5.75 Å². The molecular weight excluding hydrogens is 526 g/mol. The van der Waals surface area contributed by atoms with Crippen LogP contribution in [0, 0.1) is 0 Å². The molecule has 4 heterocycles. The highest BCUT2D eigenvalue weighted by molar-refractivity contribution is 8.26. The number of ether oxygens (including phenoxy) is 1. The number of carboxylic acid groups (broad SMARTS) is 1. The molecule has 3 aromatic rings. The van der Waals surface area contributed by atoms with Crippen LogP contribution in [0.3, 0.4) is 0 Å². The highest BCUT2D eigenvalue weighted by Gasteiger charge is 2.33. The molecule has 2 aliphatic heterocycles. The summed E-state index contributed by atoms with van der Waals surface area (Å²) in [6.07, 6.45) is 2.97. The number of hydrogen-bond donors (Lipinski definition) is 1. The topological polar surface area (TPSA) is 108 Å². The minimum absolute atomic E-state index is 0.0214. The molecular formula is C26H25N5O5S2. The van der Waals surface area contributed by atoms with Gasteiger partial charge in [0.2, 0.25) is 0 Å². The Hall–Kier alpha value is -3.90. The Balaban J connectivity index is 1.46. The monoisotopic (exact) mass is 551 g/mol. The summed E-state index contributed by atoms with van der Waals surface area (Å²) in [4.78, 5) is 48.3. The van der Waals surface area contributed by atoms with Crippen LogP contribution in [0.1, 0.15) is 12.0 Å². The number of thioether (sulfide) groups is 1. The number of aliphatic carboxylic acids is 1. The molecule has 12 heteroatoms. The lowest BCUT2D eigenvalue weighted by atomic mass is 10.2. The molecule has 2 fully saturated rings. The summed E-state index contributed by atoms with van der Waals surface area (Å²) in [6, 6.07) is 13.2. The van der Waals surface area contributed by atoms with Crippen molar-refractivity contribution in [3.63, 3.8) is 0 Å². The van der Waals surface area contributed by atoms with Crippen LogP contribution in [0.4, 0.5) is 11.5 Å². The number of aromatic nitrogens is 2. The molecule has 1 aromatic carbocycles. The molecule has 2 saturated heterocycles. The number of carbonyl (C=O) groups excluding carboxylic acids is 1. The summed E-state index contributed by atoms with van der Waals surface area (Å²) in [5, 5.41) is 9.01. The van der Waals surface area contributed by atoms with E-state index in [1.54, 1.807) is 31.5 Å². The Bertz CT molecular complexity index is 1500. The van der Waals surface area contributed by atoms with E-state index >= 15 is 0 Å². The number of carboxylic acids is 1. The normalized spacial score (nSPS) is 17.1. The van der Waals surface area contributed by atoms with Crippen LogP contribution in [-0.2, 0) is 9.59 Å². The van der Waals surface area contributed by atoms with E-state index in [0.29, 0.717) is 30.1 Å². The second kappa shape index (κ2) is 10.8. The van der Waals surface area contributed by atoms with Crippen molar-refractivity contribution in [1.29, 1.82) is 0 Å². The number of benzene rings is 1. The molecule has 1 amide bonds. The molecule has 10 nitrogen and oxygen atoms in total. The van der Waals surface area contributed by atoms with E-state index in [-0.39, 0.29) is 27.8 Å². The quantitative estimate of drug-likeness (QED) is 0.348. The minimum atomic E-state index is -1.02. The van der Waals surface area contributed by atoms with Gasteiger partial charge in [0.25, 0.3) is 11.5 Å². The summed E-state index contributed by atoms with van der Waals surface area (Å²) in [5.74, 6) is -0.122. The van der Waals surface area contributed by atoms with Crippen LogP contribution in [-0.4, -0.2) is 75.4 Å². The standard InChI is InChI=1S/C26H25N5O5S2/c1-36-18-7-5-17(6-8-18)28-12-14-29(15-13-28)23-19(24(34)30-10-3-2-4-21(30)27-23)16-20-25(35)31(26(37)38-20)11-9-22(32)33/h2-8,10,16H,9,11-15H2,1H3,(H,32,33)/b20-16+. The Morgan fingerprint density at radius 2 is 1.82 bits per heavy atom. The molecule has 38 heavy (non-hydrogen) atoms. The molecule has 0 unspecified atom stereocenters. The first-order chi connectivity index (χ1) is 18.4. The van der Waals surface area contributed by atoms with Crippen molar-refractivity contribution in [2.45, 2.75) is 6.42 Å². The molecule has 0 aliphatic carbocycles. The highest BCUT2D eigenvalue weighted by Crippen LogP contribution is 2.34. The third-order valence-corrected chi connectivity index (χ3v) is 7.84. The van der Waals surface area contributed by atoms with E-state index in [1.165, 1.54) is 9.30 Å². The first-order valence-electron chi connectivity index (χ1n) is 12.0. The number of carbonyl (C=O) groups is 2. The lowest BCUT2D eigenvalue weighted by Gasteiger charge is -2.37. The molecule has 5 rings (SSSR count). The predicted octanol–water partition coefficient (Wildman–Crippen LogP) is 2.71. The van der Waals surface area contributed by atoms with Gasteiger partial charge in [-0.1, -0.05) is 30.0 Å². The number of pyridine rings is 1. The lowest BCUT2D eigenvalue weighted by Crippen LogP contribution is -2.47. The molecule has 0 atom stereocenters. The van der Waals surface area contributed by atoms with Crippen molar-refractivity contribution in [2.24, 2.45) is 0 Å². The zero-order valence-electron chi connectivity index (χ0n) is 20.6. The van der Waals surface area contributed by atoms with Crippen LogP contribution in [0.2, 0.25) is 0 Å². The number of nitrogens with zero attached hydrogens (tertiary/aromatic N) is 5. The number of thiocarbonyl (C=S) groups is 1. The van der Waals surface area contributed by atoms with Crippen molar-refractivity contribution in [3.05, 3.63) is 69.5 Å². The fraction of sp³-hybridized carbons (Fsp3) is 0.269. The number of amides is 1. The van der Waals surface area contributed by atoms with Gasteiger partial charge in [-0.25, -0.2) is 4.98 Å². The lowest BCUT2D eigenvalue weighted by molar-refractivity contribution is -0.137. The molecule has 2 aromatic heterocycles. The molecule has 0 saturated carbocycles. The first kappa shape index (κ1) is 25.7. The largest absolute Gasteiger partial charge is 0.497 e. The summed E-state index contributed by atoms with van der Waals surface area (Å²) in [7, 11) is 1.64. The summed E-state index contributed by atoms with van der Waals surface area (Å²) in [5.41, 5.74) is 1.60. The van der Waals surface area contributed by atoms with E-state index in [0.717, 1.165) is 36.3 Å². The van der Waals surface area contributed by atoms with Crippen molar-refractivity contribution in [1.82, 2.24) is 14.3 Å². The Morgan fingerprint density at radius 1 is 1.11 bits per heavy atom. The molecule has 1 N–H and O–H groups in total. The zero-order chi connectivity index (χ0) is 26.8. The Kier molecular flexibility index (Phi) is 7.34. The number of fused-ring (bicyclic) bond motifs is 1. The van der Waals surface area contributed by atoms with Crippen LogP contribution >= 0.6 is 24.0 Å². The van der Waals surface area contributed by atoms with E-state index in [1.807, 2.05) is 30.3 Å². The predicted molar refractivity (Wildman–Crippen MR) is 151 cm³/mol. The van der Waals surface area contributed by atoms with E-state index in [2.05, 4.69) is 9.80 Å². The van der Waals surface area contributed by atoms with Gasteiger partial charge in [0.15, 0.2) is 0 Å². The second-order valence-electron chi connectivity index (χ2n) is 8.73. The maximum atomic E-state index is 13.6. The van der Waals surface area contributed by atoms with Crippen molar-refractivity contribution < 1.29 is 19.4 Å². The Labute approximate surface area is 228 Å². The summed E-state index contributed by atoms with van der Waals surface area (Å²) < 4.78 is 6.98. The highest BCUT2D eigenvalue weighted by atomic mass is 32.2. The van der Waals surface area contributed by atoms with Gasteiger partial charge < -0.3 is 19.6 Å². The van der Waals surface area contributed by atoms with Gasteiger partial charge in [0.1, 0.15) is 21.5 Å². The average molecular weight is 552 g/mol. The van der Waals surface area contributed by atoms with E-state index in [4.69, 9.17) is 27.0 Å². The van der Waals surface area contributed by atoms with Crippen molar-refractivity contribution in [3.8, 4) is 5.75 Å². The number of piperazine rings is 1. The fourth-order valence-corrected chi connectivity index (χ4v) is 5.75. The minimum Gasteiger partial charge on any atom is -0.497 e. The van der Waals surface area contributed by atoms with Crippen LogP contribution in [0.15, 0.2) is 58.4 Å². The number of methoxy groups -OCH3 is 1. The van der Waals surface area contributed by atoms with Crippen molar-refractivity contribution >= 4 is 63.4 Å². The number of hydrogen-bond acceptors (Lipinski definition) is 9. The van der Waals surface area contributed by atoms with Gasteiger partial charge >= 0.3 is 5.97 Å². The zero-order valence-corrected chi connectivity index (χ0v) is 22.2. The van der Waals surface area contributed by atoms with Gasteiger partial charge in [-0.15, -0.1) is 0 Å². The molecule has 196 valence electrons. The average Bonchev–Trinajstić information content (AvgIpc) is 3.20.